The van der Waals surface area contributed by atoms with Gasteiger partial charge in [0.05, 0.1) is 0 Å². The summed E-state index contributed by atoms with van der Waals surface area (Å²) in [6, 6.07) is 4.61. The van der Waals surface area contributed by atoms with Gasteiger partial charge in [0.15, 0.2) is 5.76 Å². The third kappa shape index (κ3) is 3.07. The summed E-state index contributed by atoms with van der Waals surface area (Å²) in [5, 5.41) is 11.1. The summed E-state index contributed by atoms with van der Waals surface area (Å²) in [7, 11) is 0. The summed E-state index contributed by atoms with van der Waals surface area (Å²) in [5.74, 6) is -1.38. The fraction of sp³-hybridized carbons (Fsp3) is 0.250. The third-order valence-electron chi connectivity index (χ3n) is 3.51. The number of ether oxygens (including phenoxy) is 1. The van der Waals surface area contributed by atoms with E-state index in [0.717, 1.165) is 0 Å². The lowest BCUT2D eigenvalue weighted by atomic mass is 10.1. The van der Waals surface area contributed by atoms with Crippen molar-refractivity contribution in [3.05, 3.63) is 28.2 Å². The van der Waals surface area contributed by atoms with Gasteiger partial charge < -0.3 is 14.3 Å². The Balaban J connectivity index is 2.15. The van der Waals surface area contributed by atoms with Crippen LogP contribution in [0.3, 0.4) is 0 Å². The summed E-state index contributed by atoms with van der Waals surface area (Å²) < 4.78 is 10.7. The summed E-state index contributed by atoms with van der Waals surface area (Å²) >= 11 is 12.0. The van der Waals surface area contributed by atoms with Crippen LogP contribution < -0.4 is 9.64 Å². The molecule has 0 radical (unpaired) electrons. The molecule has 0 bridgehead atoms. The molecular weight excluding hydrogens is 357 g/mol. The van der Waals surface area contributed by atoms with E-state index in [1.807, 2.05) is 0 Å². The number of aromatic hydroxyl groups is 1. The van der Waals surface area contributed by atoms with Crippen LogP contribution in [-0.4, -0.2) is 23.5 Å². The maximum absolute atomic E-state index is 12.0. The predicted molar refractivity (Wildman–Crippen MR) is 88.7 cm³/mol. The highest BCUT2D eigenvalue weighted by Crippen LogP contribution is 2.49. The second-order valence-electron chi connectivity index (χ2n) is 5.31. The molecule has 1 N–H and O–H groups in total. The molecule has 3 rings (SSSR count). The summed E-state index contributed by atoms with van der Waals surface area (Å²) in [6.45, 7) is 1.60. The molecule has 2 heterocycles. The minimum absolute atomic E-state index is 0.00343. The summed E-state index contributed by atoms with van der Waals surface area (Å²) in [4.78, 5) is 24.7. The average Bonchev–Trinajstić information content (AvgIpc) is 3.02. The van der Waals surface area contributed by atoms with E-state index in [2.05, 4.69) is 0 Å². The van der Waals surface area contributed by atoms with Crippen molar-refractivity contribution in [2.24, 2.45) is 0 Å². The van der Waals surface area contributed by atoms with E-state index in [-0.39, 0.29) is 23.3 Å². The zero-order valence-electron chi connectivity index (χ0n) is 12.6. The second kappa shape index (κ2) is 6.37. The highest BCUT2D eigenvalue weighted by Gasteiger charge is 2.33. The van der Waals surface area contributed by atoms with Gasteiger partial charge in [-0.3, -0.25) is 14.5 Å². The van der Waals surface area contributed by atoms with Crippen LogP contribution in [0.15, 0.2) is 22.6 Å². The molecule has 126 valence electrons. The number of carbonyl (C=O) groups excluding carboxylic acids is 2. The lowest BCUT2D eigenvalue weighted by Crippen LogP contribution is -2.24. The fourth-order valence-corrected chi connectivity index (χ4v) is 3.08. The van der Waals surface area contributed by atoms with Crippen LogP contribution in [0.25, 0.3) is 11.3 Å². The minimum atomic E-state index is -0.644. The molecule has 2 aromatic rings. The quantitative estimate of drug-likeness (QED) is 0.826. The van der Waals surface area contributed by atoms with Crippen LogP contribution in [0.4, 0.5) is 5.88 Å². The Morgan fingerprint density at radius 1 is 1.29 bits per heavy atom. The van der Waals surface area contributed by atoms with Crippen LogP contribution in [0, 0.1) is 0 Å². The van der Waals surface area contributed by atoms with Gasteiger partial charge in [0.25, 0.3) is 5.88 Å². The molecule has 1 aromatic carbocycles. The number of anilines is 1. The Bertz CT molecular complexity index is 810. The molecule has 1 fully saturated rings. The first-order valence-electron chi connectivity index (χ1n) is 7.18. The number of halogens is 2. The maximum Gasteiger partial charge on any atom is 0.308 e. The molecule has 1 saturated heterocycles. The Kier molecular flexibility index (Phi) is 4.43. The van der Waals surface area contributed by atoms with E-state index < -0.39 is 11.7 Å². The van der Waals surface area contributed by atoms with Gasteiger partial charge in [-0.25, -0.2) is 0 Å². The van der Waals surface area contributed by atoms with E-state index >= 15 is 0 Å². The van der Waals surface area contributed by atoms with Crippen molar-refractivity contribution in [2.75, 3.05) is 11.4 Å². The SMILES string of the molecule is CC(=O)Oc1c(N2CCCC2=O)oc(-c2cc(Cl)cc(Cl)c2)c1O. The molecule has 6 nitrogen and oxygen atoms in total. The molecule has 8 heteroatoms. The number of hydrogen-bond acceptors (Lipinski definition) is 5. The Labute approximate surface area is 147 Å². The van der Waals surface area contributed by atoms with Crippen LogP contribution >= 0.6 is 23.2 Å². The minimum Gasteiger partial charge on any atom is -0.502 e. The monoisotopic (exact) mass is 369 g/mol. The molecule has 0 aliphatic carbocycles. The molecule has 0 saturated carbocycles. The zero-order chi connectivity index (χ0) is 17.4. The molecule has 1 aliphatic heterocycles. The molecular formula is C16H13Cl2NO5. The standard InChI is InChI=1S/C16H13Cl2NO5/c1-8(20)23-15-13(22)14(9-5-10(17)7-11(18)6-9)24-16(15)19-4-2-3-12(19)21/h5-7,22H,2-4H2,1H3. The number of carbonyl (C=O) groups is 2. The fourth-order valence-electron chi connectivity index (χ4n) is 2.55. The van der Waals surface area contributed by atoms with Gasteiger partial charge in [-0.2, -0.15) is 0 Å². The van der Waals surface area contributed by atoms with E-state index in [4.69, 9.17) is 32.4 Å². The molecule has 0 atom stereocenters. The predicted octanol–water partition coefficient (Wildman–Crippen LogP) is 4.01. The van der Waals surface area contributed by atoms with Gasteiger partial charge in [-0.1, -0.05) is 23.2 Å². The lowest BCUT2D eigenvalue weighted by molar-refractivity contribution is -0.132. The van der Waals surface area contributed by atoms with Crippen LogP contribution in [0.1, 0.15) is 19.8 Å². The number of furan rings is 1. The number of hydrogen-bond donors (Lipinski definition) is 1. The first-order chi connectivity index (χ1) is 11.4. The first-order valence-corrected chi connectivity index (χ1v) is 7.93. The van der Waals surface area contributed by atoms with Crippen LogP contribution in [0.5, 0.6) is 11.5 Å². The lowest BCUT2D eigenvalue weighted by Gasteiger charge is -2.13. The summed E-state index contributed by atoms with van der Waals surface area (Å²) in [5.41, 5.74) is 0.399. The van der Waals surface area contributed by atoms with Crippen molar-refractivity contribution in [2.45, 2.75) is 19.8 Å². The third-order valence-corrected chi connectivity index (χ3v) is 3.95. The topological polar surface area (TPSA) is 80.0 Å². The summed E-state index contributed by atoms with van der Waals surface area (Å²) in [6.07, 6.45) is 1.01. The number of amides is 1. The van der Waals surface area contributed by atoms with Crippen molar-refractivity contribution in [3.8, 4) is 22.8 Å². The molecule has 1 aromatic heterocycles. The largest absolute Gasteiger partial charge is 0.502 e. The maximum atomic E-state index is 12.0. The Hall–Kier alpha value is -2.18. The molecule has 0 unspecified atom stereocenters. The number of esters is 1. The van der Waals surface area contributed by atoms with Gasteiger partial charge in [-0.15, -0.1) is 0 Å². The van der Waals surface area contributed by atoms with E-state index in [9.17, 15) is 14.7 Å². The van der Waals surface area contributed by atoms with E-state index in [1.165, 1.54) is 17.9 Å². The van der Waals surface area contributed by atoms with Crippen LogP contribution in [0.2, 0.25) is 10.0 Å². The van der Waals surface area contributed by atoms with Crippen LogP contribution in [-0.2, 0) is 9.59 Å². The highest BCUT2D eigenvalue weighted by molar-refractivity contribution is 6.35. The van der Waals surface area contributed by atoms with Crippen molar-refractivity contribution in [1.82, 2.24) is 0 Å². The van der Waals surface area contributed by atoms with E-state index in [0.29, 0.717) is 35.0 Å². The molecule has 24 heavy (non-hydrogen) atoms. The van der Waals surface area contributed by atoms with Gasteiger partial charge in [0, 0.05) is 35.5 Å². The molecule has 0 spiro atoms. The van der Waals surface area contributed by atoms with Crippen molar-refractivity contribution < 1.29 is 23.8 Å². The second-order valence-corrected chi connectivity index (χ2v) is 6.19. The number of nitrogens with zero attached hydrogens (tertiary/aromatic N) is 1. The van der Waals surface area contributed by atoms with Gasteiger partial charge in [-0.05, 0) is 24.6 Å². The molecule has 1 aliphatic rings. The smallest absolute Gasteiger partial charge is 0.308 e. The normalized spacial score (nSPS) is 14.3. The average molecular weight is 370 g/mol. The highest BCUT2D eigenvalue weighted by atomic mass is 35.5. The van der Waals surface area contributed by atoms with Crippen molar-refractivity contribution >= 4 is 41.0 Å². The van der Waals surface area contributed by atoms with Gasteiger partial charge in [0.1, 0.15) is 0 Å². The zero-order valence-corrected chi connectivity index (χ0v) is 14.1. The number of benzene rings is 1. The molecule has 1 amide bonds. The first kappa shape index (κ1) is 16.7. The number of rotatable bonds is 3. The van der Waals surface area contributed by atoms with Crippen molar-refractivity contribution in [3.63, 3.8) is 0 Å². The Morgan fingerprint density at radius 3 is 2.50 bits per heavy atom. The van der Waals surface area contributed by atoms with E-state index in [1.54, 1.807) is 12.1 Å². The van der Waals surface area contributed by atoms with Gasteiger partial charge >= 0.3 is 5.97 Å². The van der Waals surface area contributed by atoms with Gasteiger partial charge in [0.2, 0.25) is 17.4 Å². The Morgan fingerprint density at radius 2 is 1.96 bits per heavy atom. The van der Waals surface area contributed by atoms with Crippen molar-refractivity contribution in [1.29, 1.82) is 0 Å².